The molecule has 0 bridgehead atoms. The van der Waals surface area contributed by atoms with E-state index in [1.54, 1.807) is 0 Å². The monoisotopic (exact) mass is 439 g/mol. The highest BCUT2D eigenvalue weighted by molar-refractivity contribution is 6.01. The molecular formula is C24H41NO6. The first kappa shape index (κ1) is 27.1. The van der Waals surface area contributed by atoms with Gasteiger partial charge in [-0.3, -0.25) is 14.4 Å². The molecule has 31 heavy (non-hydrogen) atoms. The summed E-state index contributed by atoms with van der Waals surface area (Å²) in [7, 11) is 0. The van der Waals surface area contributed by atoms with Gasteiger partial charge in [0.05, 0.1) is 0 Å². The van der Waals surface area contributed by atoms with Gasteiger partial charge in [-0.1, -0.05) is 64.2 Å². The molecular weight excluding hydrogens is 398 g/mol. The third-order valence-electron chi connectivity index (χ3n) is 5.13. The van der Waals surface area contributed by atoms with E-state index in [4.69, 9.17) is 9.57 Å². The number of nitrogens with zero attached hydrogens (tertiary/aromatic N) is 1. The standard InChI is InChI=1S/C24H41NO6/c1-24(2,3)30-22(28)16-14-12-10-8-6-4-5-7-9-11-13-15-17-23(29)31-25-20(26)18-19-21(25)27/h4-19H2,1-3H3. The van der Waals surface area contributed by atoms with Gasteiger partial charge < -0.3 is 9.57 Å². The minimum Gasteiger partial charge on any atom is -0.460 e. The average molecular weight is 440 g/mol. The fourth-order valence-corrected chi connectivity index (χ4v) is 3.50. The topological polar surface area (TPSA) is 90.0 Å². The first-order valence-electron chi connectivity index (χ1n) is 12.0. The summed E-state index contributed by atoms with van der Waals surface area (Å²) in [6.07, 6.45) is 14.2. The molecule has 1 aliphatic heterocycles. The number of carbonyl (C=O) groups excluding carboxylic acids is 4. The lowest BCUT2D eigenvalue weighted by Crippen LogP contribution is -2.31. The summed E-state index contributed by atoms with van der Waals surface area (Å²) in [5.74, 6) is -1.46. The smallest absolute Gasteiger partial charge is 0.333 e. The Morgan fingerprint density at radius 2 is 1.03 bits per heavy atom. The van der Waals surface area contributed by atoms with Crippen LogP contribution in [-0.4, -0.2) is 34.4 Å². The van der Waals surface area contributed by atoms with E-state index in [1.165, 1.54) is 38.5 Å². The second-order valence-corrected chi connectivity index (χ2v) is 9.37. The van der Waals surface area contributed by atoms with Crippen molar-refractivity contribution in [3.8, 4) is 0 Å². The SMILES string of the molecule is CC(C)(C)OC(=O)CCCCCCCCCCCCCCC(=O)ON1C(=O)CCC1=O. The molecule has 0 aliphatic carbocycles. The second kappa shape index (κ2) is 15.0. The first-order valence-corrected chi connectivity index (χ1v) is 12.0. The summed E-state index contributed by atoms with van der Waals surface area (Å²) < 4.78 is 5.30. The quantitative estimate of drug-likeness (QED) is 0.182. The van der Waals surface area contributed by atoms with Gasteiger partial charge >= 0.3 is 11.9 Å². The Bertz CT molecular complexity index is 565. The number of esters is 1. The van der Waals surface area contributed by atoms with Crippen LogP contribution in [0.4, 0.5) is 0 Å². The maximum absolute atomic E-state index is 11.7. The van der Waals surface area contributed by atoms with Crippen molar-refractivity contribution >= 4 is 23.8 Å². The van der Waals surface area contributed by atoms with Gasteiger partial charge in [0.1, 0.15) is 5.60 Å². The maximum Gasteiger partial charge on any atom is 0.333 e. The summed E-state index contributed by atoms with van der Waals surface area (Å²) in [4.78, 5) is 50.9. The molecule has 0 spiro atoms. The van der Waals surface area contributed by atoms with Crippen LogP contribution in [0.3, 0.4) is 0 Å². The molecule has 1 heterocycles. The van der Waals surface area contributed by atoms with E-state index in [1.807, 2.05) is 20.8 Å². The minimum atomic E-state index is -0.505. The van der Waals surface area contributed by atoms with Crippen LogP contribution in [0.1, 0.15) is 124 Å². The van der Waals surface area contributed by atoms with E-state index >= 15 is 0 Å². The molecule has 0 aromatic rings. The van der Waals surface area contributed by atoms with Gasteiger partial charge in [0, 0.05) is 25.7 Å². The molecule has 1 rings (SSSR count). The second-order valence-electron chi connectivity index (χ2n) is 9.37. The molecule has 1 saturated heterocycles. The predicted octanol–water partition coefficient (Wildman–Crippen LogP) is 5.40. The molecule has 7 heteroatoms. The Kier molecular flexibility index (Phi) is 13.1. The van der Waals surface area contributed by atoms with E-state index in [-0.39, 0.29) is 30.8 Å². The van der Waals surface area contributed by atoms with E-state index in [0.29, 0.717) is 11.5 Å². The Hall–Kier alpha value is -1.92. The normalized spacial score (nSPS) is 14.2. The van der Waals surface area contributed by atoms with Gasteiger partial charge in [-0.15, -0.1) is 5.06 Å². The van der Waals surface area contributed by atoms with Gasteiger partial charge in [0.15, 0.2) is 0 Å². The van der Waals surface area contributed by atoms with Crippen molar-refractivity contribution in [1.29, 1.82) is 0 Å². The molecule has 0 N–H and O–H groups in total. The van der Waals surface area contributed by atoms with Gasteiger partial charge in [-0.2, -0.15) is 0 Å². The van der Waals surface area contributed by atoms with Crippen LogP contribution in [0.15, 0.2) is 0 Å². The zero-order valence-corrected chi connectivity index (χ0v) is 19.7. The number of hydrogen-bond acceptors (Lipinski definition) is 6. The lowest BCUT2D eigenvalue weighted by Gasteiger charge is -2.19. The summed E-state index contributed by atoms with van der Waals surface area (Å²) in [5.41, 5.74) is -0.389. The van der Waals surface area contributed by atoms with Crippen molar-refractivity contribution in [1.82, 2.24) is 5.06 Å². The highest BCUT2D eigenvalue weighted by atomic mass is 16.7. The van der Waals surface area contributed by atoms with E-state index in [0.717, 1.165) is 38.5 Å². The molecule has 0 aromatic heterocycles. The van der Waals surface area contributed by atoms with Crippen molar-refractivity contribution < 1.29 is 28.8 Å². The van der Waals surface area contributed by atoms with Crippen LogP contribution in [0, 0.1) is 0 Å². The van der Waals surface area contributed by atoms with Crippen LogP contribution >= 0.6 is 0 Å². The number of amides is 2. The number of unbranched alkanes of at least 4 members (excludes halogenated alkanes) is 11. The summed E-state index contributed by atoms with van der Waals surface area (Å²) >= 11 is 0. The van der Waals surface area contributed by atoms with Crippen LogP contribution < -0.4 is 0 Å². The molecule has 1 aliphatic rings. The molecule has 0 aromatic carbocycles. The third-order valence-corrected chi connectivity index (χ3v) is 5.13. The molecule has 0 radical (unpaired) electrons. The molecule has 1 fully saturated rings. The predicted molar refractivity (Wildman–Crippen MR) is 118 cm³/mol. The number of imide groups is 1. The lowest BCUT2D eigenvalue weighted by molar-refractivity contribution is -0.197. The van der Waals surface area contributed by atoms with Crippen LogP contribution in [0.25, 0.3) is 0 Å². The number of hydroxylamine groups is 2. The number of ether oxygens (including phenoxy) is 1. The zero-order chi connectivity index (χ0) is 23.1. The van der Waals surface area contributed by atoms with Crippen molar-refractivity contribution in [3.63, 3.8) is 0 Å². The summed E-state index contributed by atoms with van der Waals surface area (Å²) in [6, 6.07) is 0. The summed E-state index contributed by atoms with van der Waals surface area (Å²) in [5, 5.41) is 0.614. The Morgan fingerprint density at radius 3 is 1.42 bits per heavy atom. The highest BCUT2D eigenvalue weighted by Crippen LogP contribution is 2.16. The van der Waals surface area contributed by atoms with E-state index in [9.17, 15) is 19.2 Å². The number of rotatable bonds is 16. The Morgan fingerprint density at radius 1 is 0.677 bits per heavy atom. The number of carbonyl (C=O) groups is 4. The molecule has 0 atom stereocenters. The van der Waals surface area contributed by atoms with E-state index < -0.39 is 17.8 Å². The minimum absolute atomic E-state index is 0.0961. The Balaban J connectivity index is 1.82. The van der Waals surface area contributed by atoms with Crippen LogP contribution in [-0.2, 0) is 28.8 Å². The Labute approximate surface area is 187 Å². The van der Waals surface area contributed by atoms with Gasteiger partial charge in [0.25, 0.3) is 11.8 Å². The molecule has 0 saturated carbocycles. The lowest BCUT2D eigenvalue weighted by atomic mass is 10.0. The number of hydrogen-bond donors (Lipinski definition) is 0. The highest BCUT2D eigenvalue weighted by Gasteiger charge is 2.32. The van der Waals surface area contributed by atoms with Crippen molar-refractivity contribution in [2.24, 2.45) is 0 Å². The van der Waals surface area contributed by atoms with Crippen LogP contribution in [0.5, 0.6) is 0 Å². The van der Waals surface area contributed by atoms with Crippen molar-refractivity contribution in [2.45, 2.75) is 129 Å². The van der Waals surface area contributed by atoms with Gasteiger partial charge in [-0.05, 0) is 33.6 Å². The first-order chi connectivity index (χ1) is 14.7. The third kappa shape index (κ3) is 13.9. The molecule has 0 unspecified atom stereocenters. The molecule has 2 amide bonds. The van der Waals surface area contributed by atoms with Crippen LogP contribution in [0.2, 0.25) is 0 Å². The fraction of sp³-hybridized carbons (Fsp3) is 0.833. The van der Waals surface area contributed by atoms with E-state index in [2.05, 4.69) is 0 Å². The van der Waals surface area contributed by atoms with Crippen molar-refractivity contribution in [2.75, 3.05) is 0 Å². The summed E-state index contributed by atoms with van der Waals surface area (Å²) in [6.45, 7) is 5.68. The van der Waals surface area contributed by atoms with Crippen molar-refractivity contribution in [3.05, 3.63) is 0 Å². The molecule has 178 valence electrons. The zero-order valence-electron chi connectivity index (χ0n) is 19.7. The maximum atomic E-state index is 11.7. The van der Waals surface area contributed by atoms with Gasteiger partial charge in [-0.25, -0.2) is 4.79 Å². The van der Waals surface area contributed by atoms with Gasteiger partial charge in [0.2, 0.25) is 0 Å². The molecule has 7 nitrogen and oxygen atoms in total. The largest absolute Gasteiger partial charge is 0.460 e. The average Bonchev–Trinajstić information content (AvgIpc) is 2.98. The fourth-order valence-electron chi connectivity index (χ4n) is 3.50.